The lowest BCUT2D eigenvalue weighted by molar-refractivity contribution is 0.0951. The summed E-state index contributed by atoms with van der Waals surface area (Å²) in [5, 5.41) is 3.75. The molecule has 0 unspecified atom stereocenters. The van der Waals surface area contributed by atoms with Crippen molar-refractivity contribution in [2.45, 2.75) is 12.5 Å². The summed E-state index contributed by atoms with van der Waals surface area (Å²) in [6.45, 7) is 1.47. The Bertz CT molecular complexity index is 1020. The van der Waals surface area contributed by atoms with Crippen LogP contribution in [0.1, 0.15) is 27.5 Å². The molecule has 0 saturated carbocycles. The highest BCUT2D eigenvalue weighted by molar-refractivity contribution is 6.30. The first-order valence-corrected chi connectivity index (χ1v) is 10.6. The lowest BCUT2D eigenvalue weighted by atomic mass is 10.0. The largest absolute Gasteiger partial charge is 0.378 e. The quantitative estimate of drug-likeness (QED) is 0.614. The number of nitrogens with one attached hydrogen (secondary N) is 1. The van der Waals surface area contributed by atoms with Crippen molar-refractivity contribution >= 4 is 28.9 Å². The molecule has 0 aliphatic carbocycles. The number of rotatable bonds is 6. The summed E-state index contributed by atoms with van der Waals surface area (Å²) in [5.74, 6) is -0.0888. The number of nitrogens with zero attached hydrogens (tertiary/aromatic N) is 2. The first-order chi connectivity index (χ1) is 14.5. The molecule has 154 valence electrons. The van der Waals surface area contributed by atoms with Crippen molar-refractivity contribution < 1.29 is 4.79 Å². The molecule has 0 bridgehead atoms. The van der Waals surface area contributed by atoms with Gasteiger partial charge in [0.25, 0.3) is 5.91 Å². The third-order valence-electron chi connectivity index (χ3n) is 5.66. The Morgan fingerprint density at radius 1 is 1.03 bits per heavy atom. The molecule has 3 aromatic rings. The number of carbonyl (C=O) groups excluding carboxylic acids is 1. The lowest BCUT2D eigenvalue weighted by Gasteiger charge is -2.31. The van der Waals surface area contributed by atoms with Crippen LogP contribution in [0.5, 0.6) is 0 Å². The molecular weight excluding hydrogens is 394 g/mol. The second-order valence-electron chi connectivity index (χ2n) is 7.79. The number of hydrogen-bond donors (Lipinski definition) is 1. The van der Waals surface area contributed by atoms with Crippen LogP contribution >= 0.6 is 11.6 Å². The Kier molecular flexibility index (Phi) is 5.96. The van der Waals surface area contributed by atoms with E-state index in [1.165, 1.54) is 16.8 Å². The Labute approximate surface area is 183 Å². The van der Waals surface area contributed by atoms with Gasteiger partial charge in [0.2, 0.25) is 0 Å². The van der Waals surface area contributed by atoms with E-state index in [0.29, 0.717) is 17.1 Å². The van der Waals surface area contributed by atoms with E-state index in [-0.39, 0.29) is 11.9 Å². The second kappa shape index (κ2) is 8.80. The van der Waals surface area contributed by atoms with E-state index in [9.17, 15) is 4.79 Å². The zero-order valence-electron chi connectivity index (χ0n) is 17.3. The van der Waals surface area contributed by atoms with E-state index in [1.54, 1.807) is 24.3 Å². The number of benzene rings is 3. The van der Waals surface area contributed by atoms with Gasteiger partial charge in [0.1, 0.15) is 0 Å². The molecule has 1 amide bonds. The van der Waals surface area contributed by atoms with E-state index in [0.717, 1.165) is 18.7 Å². The van der Waals surface area contributed by atoms with E-state index in [4.69, 9.17) is 11.6 Å². The minimum absolute atomic E-state index is 0.0566. The highest BCUT2D eigenvalue weighted by Gasteiger charge is 2.27. The summed E-state index contributed by atoms with van der Waals surface area (Å²) in [7, 11) is 4.07. The summed E-state index contributed by atoms with van der Waals surface area (Å²) >= 11 is 5.95. The molecule has 3 aromatic carbocycles. The molecular formula is C25H26ClN3O. The molecule has 1 heterocycles. The van der Waals surface area contributed by atoms with E-state index in [2.05, 4.69) is 63.6 Å². The Balaban J connectivity index is 1.59. The van der Waals surface area contributed by atoms with Gasteiger partial charge in [-0.2, -0.15) is 0 Å². The van der Waals surface area contributed by atoms with Crippen LogP contribution in [0.15, 0.2) is 72.8 Å². The third kappa shape index (κ3) is 4.29. The minimum Gasteiger partial charge on any atom is -0.378 e. The summed E-state index contributed by atoms with van der Waals surface area (Å²) in [6, 6.07) is 24.2. The topological polar surface area (TPSA) is 35.6 Å². The number of carbonyl (C=O) groups is 1. The van der Waals surface area contributed by atoms with Gasteiger partial charge in [-0.3, -0.25) is 4.79 Å². The molecule has 1 aliphatic rings. The molecule has 1 atom stereocenters. The van der Waals surface area contributed by atoms with Crippen LogP contribution < -0.4 is 15.1 Å². The molecule has 4 rings (SSSR count). The maximum Gasteiger partial charge on any atom is 0.251 e. The lowest BCUT2D eigenvalue weighted by Crippen LogP contribution is -2.37. The first-order valence-electron chi connectivity index (χ1n) is 10.2. The van der Waals surface area contributed by atoms with Crippen LogP contribution in [-0.4, -0.2) is 33.1 Å². The standard InChI is InChI=1S/C25H26ClN3O/c1-28(2)22-13-9-19(10-14-22)24(29-16-15-18-5-3-4-6-23(18)29)17-27-25(30)20-7-11-21(26)12-8-20/h3-14,24H,15-17H2,1-2H3,(H,27,30)/t24-/m1/s1. The van der Waals surface area contributed by atoms with E-state index in [1.807, 2.05) is 14.1 Å². The molecule has 0 aromatic heterocycles. The average molecular weight is 420 g/mol. The SMILES string of the molecule is CN(C)c1ccc([C@@H](CNC(=O)c2ccc(Cl)cc2)N2CCc3ccccc32)cc1. The fourth-order valence-electron chi connectivity index (χ4n) is 3.98. The predicted octanol–water partition coefficient (Wildman–Crippen LogP) is 4.94. The van der Waals surface area contributed by atoms with Gasteiger partial charge in [0, 0.05) is 49.1 Å². The molecule has 4 nitrogen and oxygen atoms in total. The fraction of sp³-hybridized carbons (Fsp3) is 0.240. The molecule has 0 fully saturated rings. The normalized spacial score (nSPS) is 13.6. The Hall–Kier alpha value is -2.98. The fourth-order valence-corrected chi connectivity index (χ4v) is 4.11. The highest BCUT2D eigenvalue weighted by atomic mass is 35.5. The minimum atomic E-state index is -0.0888. The van der Waals surface area contributed by atoms with Crippen molar-refractivity contribution in [2.24, 2.45) is 0 Å². The summed E-state index contributed by atoms with van der Waals surface area (Å²) in [4.78, 5) is 17.2. The Morgan fingerprint density at radius 3 is 2.43 bits per heavy atom. The smallest absolute Gasteiger partial charge is 0.251 e. The number of hydrogen-bond acceptors (Lipinski definition) is 3. The maximum absolute atomic E-state index is 12.7. The molecule has 0 saturated heterocycles. The summed E-state index contributed by atoms with van der Waals surface area (Å²) in [5.41, 5.74) is 5.57. The number of amides is 1. The number of fused-ring (bicyclic) bond motifs is 1. The van der Waals surface area contributed by atoms with Gasteiger partial charge in [0.05, 0.1) is 6.04 Å². The van der Waals surface area contributed by atoms with Gasteiger partial charge in [-0.15, -0.1) is 0 Å². The van der Waals surface area contributed by atoms with Gasteiger partial charge < -0.3 is 15.1 Å². The molecule has 1 N–H and O–H groups in total. The van der Waals surface area contributed by atoms with Crippen LogP contribution in [0.2, 0.25) is 5.02 Å². The summed E-state index contributed by atoms with van der Waals surface area (Å²) < 4.78 is 0. The van der Waals surface area contributed by atoms with Crippen LogP contribution in [0.3, 0.4) is 0 Å². The second-order valence-corrected chi connectivity index (χ2v) is 8.23. The molecule has 0 radical (unpaired) electrons. The highest BCUT2D eigenvalue weighted by Crippen LogP contribution is 2.35. The first kappa shape index (κ1) is 20.3. The molecule has 1 aliphatic heterocycles. The van der Waals surface area contributed by atoms with E-state index < -0.39 is 0 Å². The van der Waals surface area contributed by atoms with Crippen LogP contribution in [0.4, 0.5) is 11.4 Å². The number of para-hydroxylation sites is 1. The van der Waals surface area contributed by atoms with Crippen molar-refractivity contribution in [3.8, 4) is 0 Å². The third-order valence-corrected chi connectivity index (χ3v) is 5.91. The van der Waals surface area contributed by atoms with Crippen LogP contribution in [0.25, 0.3) is 0 Å². The number of halogens is 1. The van der Waals surface area contributed by atoms with Crippen LogP contribution in [0, 0.1) is 0 Å². The number of anilines is 2. The van der Waals surface area contributed by atoms with E-state index >= 15 is 0 Å². The zero-order valence-corrected chi connectivity index (χ0v) is 18.1. The van der Waals surface area contributed by atoms with Gasteiger partial charge >= 0.3 is 0 Å². The Morgan fingerprint density at radius 2 is 1.73 bits per heavy atom. The zero-order chi connectivity index (χ0) is 21.1. The monoisotopic (exact) mass is 419 g/mol. The summed E-state index contributed by atoms with van der Waals surface area (Å²) in [6.07, 6.45) is 1.02. The van der Waals surface area contributed by atoms with Crippen molar-refractivity contribution in [1.29, 1.82) is 0 Å². The van der Waals surface area contributed by atoms with Crippen molar-refractivity contribution in [3.05, 3.63) is 94.5 Å². The van der Waals surface area contributed by atoms with Gasteiger partial charge in [-0.25, -0.2) is 0 Å². The maximum atomic E-state index is 12.7. The van der Waals surface area contributed by atoms with Gasteiger partial charge in [0.15, 0.2) is 0 Å². The van der Waals surface area contributed by atoms with Gasteiger partial charge in [-0.1, -0.05) is 41.9 Å². The van der Waals surface area contributed by atoms with Crippen molar-refractivity contribution in [2.75, 3.05) is 37.0 Å². The molecule has 5 heteroatoms. The van der Waals surface area contributed by atoms with Crippen molar-refractivity contribution in [1.82, 2.24) is 5.32 Å². The van der Waals surface area contributed by atoms with Crippen molar-refractivity contribution in [3.63, 3.8) is 0 Å². The van der Waals surface area contributed by atoms with Crippen LogP contribution in [-0.2, 0) is 6.42 Å². The predicted molar refractivity (Wildman–Crippen MR) is 125 cm³/mol. The molecule has 30 heavy (non-hydrogen) atoms. The molecule has 0 spiro atoms. The van der Waals surface area contributed by atoms with Gasteiger partial charge in [-0.05, 0) is 60.0 Å². The average Bonchev–Trinajstić information content (AvgIpc) is 3.19.